The molecular formula is C32H38N6O5. The van der Waals surface area contributed by atoms with Crippen LogP contribution in [0.1, 0.15) is 74.2 Å². The van der Waals surface area contributed by atoms with E-state index in [0.29, 0.717) is 36.5 Å². The first-order chi connectivity index (χ1) is 20.6. The van der Waals surface area contributed by atoms with E-state index in [9.17, 15) is 14.4 Å². The predicted octanol–water partition coefficient (Wildman–Crippen LogP) is 3.49. The molecule has 43 heavy (non-hydrogen) atoms. The molecule has 2 saturated heterocycles. The van der Waals surface area contributed by atoms with E-state index < -0.39 is 11.8 Å². The Morgan fingerprint density at radius 2 is 1.79 bits per heavy atom. The molecule has 1 N–H and O–H groups in total. The van der Waals surface area contributed by atoms with Crippen LogP contribution in [-0.2, 0) is 25.6 Å². The highest BCUT2D eigenvalue weighted by Gasteiger charge is 2.64. The van der Waals surface area contributed by atoms with Crippen LogP contribution in [0.4, 0.5) is 0 Å². The molecule has 226 valence electrons. The summed E-state index contributed by atoms with van der Waals surface area (Å²) < 4.78 is 13.7. The molecule has 0 radical (unpaired) electrons. The number of nitrogens with one attached hydrogen (secondary N) is 1. The normalized spacial score (nSPS) is 27.4. The number of benzene rings is 1. The molecule has 1 aromatic carbocycles. The first kappa shape index (κ1) is 28.1. The Bertz CT molecular complexity index is 1630. The van der Waals surface area contributed by atoms with Crippen molar-refractivity contribution < 1.29 is 23.9 Å². The SMILES string of the molecule is CC(=O)c1nn(CC(=O)N2[C@H](C(=O)NC3CCCCC34OCCO4)C[C@@]3(C)C[C@@H]23)c2c(C)cc(-c3cnc(C)nc3)cc12. The van der Waals surface area contributed by atoms with Gasteiger partial charge in [-0.2, -0.15) is 5.10 Å². The van der Waals surface area contributed by atoms with Crippen LogP contribution in [0.3, 0.4) is 0 Å². The minimum Gasteiger partial charge on any atom is -0.346 e. The van der Waals surface area contributed by atoms with Gasteiger partial charge in [0.15, 0.2) is 11.6 Å². The molecule has 4 fully saturated rings. The molecule has 2 aliphatic carbocycles. The summed E-state index contributed by atoms with van der Waals surface area (Å²) in [6.07, 6.45) is 8.56. The number of piperidine rings is 1. The Hall–Kier alpha value is -3.70. The number of nitrogens with zero attached hydrogens (tertiary/aromatic N) is 5. The minimum atomic E-state index is -0.758. The summed E-state index contributed by atoms with van der Waals surface area (Å²) in [4.78, 5) is 50.9. The fraction of sp³-hybridized carbons (Fsp3) is 0.562. The van der Waals surface area contributed by atoms with Crippen molar-refractivity contribution in [3.05, 3.63) is 41.6 Å². The lowest BCUT2D eigenvalue weighted by Crippen LogP contribution is -2.59. The van der Waals surface area contributed by atoms with Crippen molar-refractivity contribution in [3.63, 3.8) is 0 Å². The number of aromatic nitrogens is 4. The average molecular weight is 587 g/mol. The third-order valence-electron chi connectivity index (χ3n) is 9.88. The third-order valence-corrected chi connectivity index (χ3v) is 9.88. The number of ether oxygens (including phenoxy) is 2. The Labute approximate surface area is 250 Å². The Morgan fingerprint density at radius 1 is 1.05 bits per heavy atom. The molecule has 4 atom stereocenters. The second-order valence-corrected chi connectivity index (χ2v) is 13.0. The molecule has 1 spiro atoms. The zero-order chi connectivity index (χ0) is 30.1. The van der Waals surface area contributed by atoms with Crippen LogP contribution in [0, 0.1) is 19.3 Å². The highest BCUT2D eigenvalue weighted by atomic mass is 16.7. The standard InChI is InChI=1S/C32H38N6O5/c1-18-11-21(22-15-33-20(3)34-16-22)12-23-28(19(2)39)36-37(29(18)23)17-27(40)38-24(13-31(4)14-26(31)38)30(41)35-25-7-5-6-8-32(25)42-9-10-43-32/h11-12,15-16,24-26H,5-10,13-14,17H2,1-4H3,(H,35,41)/t24-,25?,26+,31-/m0/s1. The number of rotatable bonds is 6. The minimum absolute atomic E-state index is 0.0124. The van der Waals surface area contributed by atoms with Crippen molar-refractivity contribution in [1.29, 1.82) is 0 Å². The second-order valence-electron chi connectivity index (χ2n) is 13.0. The van der Waals surface area contributed by atoms with Gasteiger partial charge in [-0.25, -0.2) is 9.97 Å². The average Bonchev–Trinajstić information content (AvgIpc) is 3.30. The zero-order valence-electron chi connectivity index (χ0n) is 25.2. The summed E-state index contributed by atoms with van der Waals surface area (Å²) in [5.41, 5.74) is 3.56. The summed E-state index contributed by atoms with van der Waals surface area (Å²) in [6.45, 7) is 8.40. The third kappa shape index (κ3) is 4.73. The van der Waals surface area contributed by atoms with Crippen molar-refractivity contribution in [2.45, 2.75) is 96.7 Å². The molecule has 3 aromatic rings. The van der Waals surface area contributed by atoms with Gasteiger partial charge in [0.25, 0.3) is 0 Å². The number of ketones is 1. The molecule has 11 nitrogen and oxygen atoms in total. The number of hydrogen-bond acceptors (Lipinski definition) is 8. The second kappa shape index (κ2) is 10.2. The van der Waals surface area contributed by atoms with Crippen LogP contribution in [-0.4, -0.2) is 79.4 Å². The molecule has 2 aliphatic heterocycles. The van der Waals surface area contributed by atoms with Gasteiger partial charge >= 0.3 is 0 Å². The first-order valence-electron chi connectivity index (χ1n) is 15.3. The molecule has 2 amide bonds. The van der Waals surface area contributed by atoms with Crippen molar-refractivity contribution in [3.8, 4) is 11.1 Å². The van der Waals surface area contributed by atoms with Gasteiger partial charge in [-0.3, -0.25) is 19.1 Å². The fourth-order valence-electron chi connectivity index (χ4n) is 7.56. The van der Waals surface area contributed by atoms with E-state index in [1.54, 1.807) is 22.0 Å². The summed E-state index contributed by atoms with van der Waals surface area (Å²) in [5, 5.41) is 8.54. The van der Waals surface area contributed by atoms with Gasteiger partial charge in [0.05, 0.1) is 24.8 Å². The summed E-state index contributed by atoms with van der Waals surface area (Å²) in [5.74, 6) is -0.585. The predicted molar refractivity (Wildman–Crippen MR) is 157 cm³/mol. The van der Waals surface area contributed by atoms with Crippen LogP contribution in [0.2, 0.25) is 0 Å². The van der Waals surface area contributed by atoms with E-state index in [1.807, 2.05) is 26.0 Å². The Balaban J connectivity index is 1.17. The largest absolute Gasteiger partial charge is 0.346 e. The molecule has 2 saturated carbocycles. The van der Waals surface area contributed by atoms with Gasteiger partial charge in [0.1, 0.15) is 24.1 Å². The van der Waals surface area contributed by atoms with Gasteiger partial charge < -0.3 is 19.7 Å². The van der Waals surface area contributed by atoms with Gasteiger partial charge in [-0.05, 0) is 68.2 Å². The van der Waals surface area contributed by atoms with Crippen molar-refractivity contribution >= 4 is 28.5 Å². The lowest BCUT2D eigenvalue weighted by molar-refractivity contribution is -0.196. The lowest BCUT2D eigenvalue weighted by Gasteiger charge is -2.40. The fourth-order valence-corrected chi connectivity index (χ4v) is 7.56. The molecule has 1 unspecified atom stereocenters. The lowest BCUT2D eigenvalue weighted by atomic mass is 9.88. The van der Waals surface area contributed by atoms with Crippen LogP contribution < -0.4 is 5.32 Å². The molecule has 4 aliphatic rings. The maximum Gasteiger partial charge on any atom is 0.245 e. The summed E-state index contributed by atoms with van der Waals surface area (Å²) in [6, 6.07) is 3.12. The molecule has 11 heteroatoms. The number of carbonyl (C=O) groups excluding carboxylic acids is 3. The van der Waals surface area contributed by atoms with Gasteiger partial charge in [0.2, 0.25) is 11.8 Å². The number of Topliss-reactive ketones (excluding diaryl/α,β-unsaturated/α-hetero) is 1. The molecule has 7 rings (SSSR count). The monoisotopic (exact) mass is 586 g/mol. The molecule has 0 bridgehead atoms. The van der Waals surface area contributed by atoms with Crippen molar-refractivity contribution in [2.24, 2.45) is 5.41 Å². The quantitative estimate of drug-likeness (QED) is 0.435. The van der Waals surface area contributed by atoms with Crippen molar-refractivity contribution in [2.75, 3.05) is 13.2 Å². The number of hydrogen-bond donors (Lipinski definition) is 1. The zero-order valence-corrected chi connectivity index (χ0v) is 25.2. The maximum atomic E-state index is 14.0. The number of amides is 2. The summed E-state index contributed by atoms with van der Waals surface area (Å²) in [7, 11) is 0. The number of likely N-dealkylation sites (tertiary alicyclic amines) is 1. The topological polar surface area (TPSA) is 129 Å². The molecule has 4 heterocycles. The van der Waals surface area contributed by atoms with E-state index in [4.69, 9.17) is 9.47 Å². The smallest absolute Gasteiger partial charge is 0.245 e. The number of carbonyl (C=O) groups is 3. The van der Waals surface area contributed by atoms with Gasteiger partial charge in [-0.1, -0.05) is 13.3 Å². The van der Waals surface area contributed by atoms with Crippen LogP contribution in [0.25, 0.3) is 22.0 Å². The maximum absolute atomic E-state index is 14.0. The first-order valence-corrected chi connectivity index (χ1v) is 15.3. The van der Waals surface area contributed by atoms with Gasteiger partial charge in [-0.15, -0.1) is 0 Å². The van der Waals surface area contributed by atoms with E-state index >= 15 is 0 Å². The Morgan fingerprint density at radius 3 is 2.51 bits per heavy atom. The van der Waals surface area contributed by atoms with Crippen LogP contribution in [0.5, 0.6) is 0 Å². The molecular weight excluding hydrogens is 548 g/mol. The summed E-state index contributed by atoms with van der Waals surface area (Å²) >= 11 is 0. The molecule has 2 aromatic heterocycles. The van der Waals surface area contributed by atoms with Crippen LogP contribution in [0.15, 0.2) is 24.5 Å². The van der Waals surface area contributed by atoms with E-state index in [2.05, 4.69) is 27.3 Å². The number of aryl methyl sites for hydroxylation is 2. The van der Waals surface area contributed by atoms with Crippen LogP contribution >= 0.6 is 0 Å². The van der Waals surface area contributed by atoms with Crippen molar-refractivity contribution in [1.82, 2.24) is 30.0 Å². The van der Waals surface area contributed by atoms with E-state index in [-0.39, 0.29) is 41.6 Å². The van der Waals surface area contributed by atoms with E-state index in [0.717, 1.165) is 54.3 Å². The highest BCUT2D eigenvalue weighted by molar-refractivity contribution is 6.07. The van der Waals surface area contributed by atoms with E-state index in [1.165, 1.54) is 6.92 Å². The van der Waals surface area contributed by atoms with Gasteiger partial charge in [0, 0.05) is 42.7 Å². The Kier molecular flexibility index (Phi) is 6.66. The highest BCUT2D eigenvalue weighted by Crippen LogP contribution is 2.59. The number of fused-ring (bicyclic) bond motifs is 2.